The summed E-state index contributed by atoms with van der Waals surface area (Å²) in [7, 11) is 0. The Labute approximate surface area is 122 Å². The summed E-state index contributed by atoms with van der Waals surface area (Å²) in [5.74, 6) is 0.733. The lowest BCUT2D eigenvalue weighted by Crippen LogP contribution is -1.92. The fourth-order valence-electron chi connectivity index (χ4n) is 1.56. The molecular formula is C11H5Cl3N4O. The fourth-order valence-corrected chi connectivity index (χ4v) is 2.23. The number of H-pyrrole nitrogens is 1. The first-order valence-corrected chi connectivity index (χ1v) is 6.26. The number of rotatable bonds is 2. The van der Waals surface area contributed by atoms with Crippen molar-refractivity contribution in [2.45, 2.75) is 0 Å². The number of hydrogen-bond donors (Lipinski definition) is 1. The van der Waals surface area contributed by atoms with Crippen LogP contribution in [-0.4, -0.2) is 20.2 Å². The molecule has 0 spiro atoms. The molecule has 3 rings (SSSR count). The van der Waals surface area contributed by atoms with E-state index in [4.69, 9.17) is 39.5 Å². The van der Waals surface area contributed by atoms with Crippen molar-refractivity contribution in [2.24, 2.45) is 0 Å². The number of aromatic nitrogens is 4. The number of ether oxygens (including phenoxy) is 1. The van der Waals surface area contributed by atoms with Gasteiger partial charge in [0.15, 0.2) is 5.65 Å². The maximum absolute atomic E-state index is 5.90. The molecule has 2 aromatic heterocycles. The van der Waals surface area contributed by atoms with Gasteiger partial charge < -0.3 is 4.74 Å². The lowest BCUT2D eigenvalue weighted by molar-refractivity contribution is 0.468. The number of nitrogens with one attached hydrogen (secondary N) is 1. The molecule has 96 valence electrons. The molecule has 0 saturated heterocycles. The lowest BCUT2D eigenvalue weighted by atomic mass is 10.3. The van der Waals surface area contributed by atoms with Crippen molar-refractivity contribution in [3.8, 4) is 11.6 Å². The molecule has 2 heterocycles. The summed E-state index contributed by atoms with van der Waals surface area (Å²) in [6.45, 7) is 0. The van der Waals surface area contributed by atoms with E-state index in [1.54, 1.807) is 24.4 Å². The van der Waals surface area contributed by atoms with E-state index in [1.165, 1.54) is 0 Å². The van der Waals surface area contributed by atoms with Crippen molar-refractivity contribution in [2.75, 3.05) is 0 Å². The highest BCUT2D eigenvalue weighted by atomic mass is 35.5. The van der Waals surface area contributed by atoms with Crippen LogP contribution in [0.5, 0.6) is 11.6 Å². The Morgan fingerprint density at radius 1 is 1.00 bits per heavy atom. The minimum Gasteiger partial charge on any atom is -0.438 e. The Morgan fingerprint density at radius 2 is 1.74 bits per heavy atom. The molecule has 0 aliphatic carbocycles. The second kappa shape index (κ2) is 4.85. The lowest BCUT2D eigenvalue weighted by Gasteiger charge is -2.06. The molecule has 0 fully saturated rings. The van der Waals surface area contributed by atoms with E-state index in [9.17, 15) is 0 Å². The molecule has 19 heavy (non-hydrogen) atoms. The highest BCUT2D eigenvalue weighted by Gasteiger charge is 2.11. The quantitative estimate of drug-likeness (QED) is 0.723. The fraction of sp³-hybridized carbons (Fsp3) is 0. The number of hydrogen-bond acceptors (Lipinski definition) is 4. The summed E-state index contributed by atoms with van der Waals surface area (Å²) in [5, 5.41) is 8.15. The monoisotopic (exact) mass is 314 g/mol. The van der Waals surface area contributed by atoms with Crippen LogP contribution in [0.25, 0.3) is 11.0 Å². The van der Waals surface area contributed by atoms with Gasteiger partial charge in [0.2, 0.25) is 11.2 Å². The first-order chi connectivity index (χ1) is 9.11. The zero-order valence-electron chi connectivity index (χ0n) is 9.19. The third-order valence-corrected chi connectivity index (χ3v) is 2.90. The molecule has 0 radical (unpaired) electrons. The third-order valence-electron chi connectivity index (χ3n) is 2.30. The van der Waals surface area contributed by atoms with Crippen LogP contribution < -0.4 is 4.74 Å². The van der Waals surface area contributed by atoms with Crippen molar-refractivity contribution < 1.29 is 4.74 Å². The van der Waals surface area contributed by atoms with Crippen molar-refractivity contribution in [3.63, 3.8) is 0 Å². The maximum atomic E-state index is 5.90. The number of halogens is 3. The van der Waals surface area contributed by atoms with Gasteiger partial charge in [-0.25, -0.2) is 0 Å². The molecule has 8 heteroatoms. The van der Waals surface area contributed by atoms with Crippen molar-refractivity contribution in [1.29, 1.82) is 0 Å². The van der Waals surface area contributed by atoms with Crippen LogP contribution in [0.3, 0.4) is 0 Å². The average Bonchev–Trinajstić information content (AvgIpc) is 2.75. The Balaban J connectivity index is 2.07. The molecule has 0 aliphatic rings. The summed E-state index contributed by atoms with van der Waals surface area (Å²) in [4.78, 5) is 7.99. The molecule has 5 nitrogen and oxygen atoms in total. The molecule has 1 N–H and O–H groups in total. The van der Waals surface area contributed by atoms with E-state index in [0.717, 1.165) is 0 Å². The number of nitrogens with zero attached hydrogens (tertiary/aromatic N) is 3. The highest BCUT2D eigenvalue weighted by Crippen LogP contribution is 2.31. The van der Waals surface area contributed by atoms with Gasteiger partial charge in [0.25, 0.3) is 0 Å². The Kier molecular flexibility index (Phi) is 3.18. The van der Waals surface area contributed by atoms with Crippen LogP contribution in [0.2, 0.25) is 15.3 Å². The average molecular weight is 316 g/mol. The van der Waals surface area contributed by atoms with Crippen LogP contribution in [0, 0.1) is 0 Å². The zero-order chi connectivity index (χ0) is 13.4. The second-order valence-electron chi connectivity index (χ2n) is 3.64. The van der Waals surface area contributed by atoms with E-state index in [1.807, 2.05) is 0 Å². The minimum absolute atomic E-state index is 0.0554. The summed E-state index contributed by atoms with van der Waals surface area (Å²) in [6, 6.07) is 4.85. The normalized spacial score (nSPS) is 10.9. The number of aromatic amines is 1. The molecule has 0 bridgehead atoms. The van der Waals surface area contributed by atoms with Gasteiger partial charge in [0.1, 0.15) is 11.1 Å². The number of benzene rings is 1. The molecule has 0 saturated carbocycles. The minimum atomic E-state index is 0.0554. The van der Waals surface area contributed by atoms with E-state index >= 15 is 0 Å². The van der Waals surface area contributed by atoms with Crippen LogP contribution in [0.15, 0.2) is 24.4 Å². The van der Waals surface area contributed by atoms with Crippen molar-refractivity contribution >= 4 is 45.8 Å². The number of fused-ring (bicyclic) bond motifs is 1. The van der Waals surface area contributed by atoms with Gasteiger partial charge in [-0.15, -0.1) is 0 Å². The zero-order valence-corrected chi connectivity index (χ0v) is 11.5. The Bertz CT molecular complexity index is 739. The van der Waals surface area contributed by atoms with Gasteiger partial charge >= 0.3 is 0 Å². The SMILES string of the molecule is Clc1cc(Cl)cc(Oc2nc(Cl)nc3[nH]ncc23)c1. The van der Waals surface area contributed by atoms with Gasteiger partial charge in [-0.2, -0.15) is 15.1 Å². The Hall–Kier alpha value is -1.56. The summed E-state index contributed by atoms with van der Waals surface area (Å²) >= 11 is 17.6. The van der Waals surface area contributed by atoms with Crippen molar-refractivity contribution in [3.05, 3.63) is 39.7 Å². The predicted octanol–water partition coefficient (Wildman–Crippen LogP) is 4.11. The molecule has 0 atom stereocenters. The molecular weight excluding hydrogens is 311 g/mol. The largest absolute Gasteiger partial charge is 0.438 e. The maximum Gasteiger partial charge on any atom is 0.234 e. The van der Waals surface area contributed by atoms with E-state index in [0.29, 0.717) is 26.8 Å². The van der Waals surface area contributed by atoms with Gasteiger partial charge in [0, 0.05) is 10.0 Å². The summed E-state index contributed by atoms with van der Waals surface area (Å²) in [5.41, 5.74) is 0.489. The van der Waals surface area contributed by atoms with Crippen LogP contribution in [0.4, 0.5) is 0 Å². The summed E-state index contributed by atoms with van der Waals surface area (Å²) in [6.07, 6.45) is 1.55. The van der Waals surface area contributed by atoms with Crippen LogP contribution >= 0.6 is 34.8 Å². The van der Waals surface area contributed by atoms with Gasteiger partial charge in [-0.05, 0) is 29.8 Å². The molecule has 0 amide bonds. The van der Waals surface area contributed by atoms with E-state index in [-0.39, 0.29) is 11.2 Å². The third kappa shape index (κ3) is 2.58. The standard InChI is InChI=1S/C11H5Cl3N4O/c12-5-1-6(13)3-7(2-5)19-10-8-4-15-18-9(8)16-11(14)17-10/h1-4H,(H,15,16,17,18). The predicted molar refractivity (Wildman–Crippen MR) is 73.2 cm³/mol. The topological polar surface area (TPSA) is 63.7 Å². The molecule has 3 aromatic rings. The van der Waals surface area contributed by atoms with Crippen molar-refractivity contribution in [1.82, 2.24) is 20.2 Å². The first-order valence-electron chi connectivity index (χ1n) is 5.12. The van der Waals surface area contributed by atoms with Gasteiger partial charge in [-0.1, -0.05) is 23.2 Å². The van der Waals surface area contributed by atoms with Gasteiger partial charge in [-0.3, -0.25) is 5.10 Å². The Morgan fingerprint density at radius 3 is 2.47 bits per heavy atom. The molecule has 1 aromatic carbocycles. The van der Waals surface area contributed by atoms with E-state index in [2.05, 4.69) is 20.2 Å². The first kappa shape index (κ1) is 12.5. The van der Waals surface area contributed by atoms with Crippen LogP contribution in [0.1, 0.15) is 0 Å². The second-order valence-corrected chi connectivity index (χ2v) is 4.85. The van der Waals surface area contributed by atoms with Gasteiger partial charge in [0.05, 0.1) is 6.20 Å². The smallest absolute Gasteiger partial charge is 0.234 e. The summed E-state index contributed by atoms with van der Waals surface area (Å²) < 4.78 is 5.63. The molecule has 0 aliphatic heterocycles. The van der Waals surface area contributed by atoms with E-state index < -0.39 is 0 Å². The molecule has 0 unspecified atom stereocenters. The highest BCUT2D eigenvalue weighted by molar-refractivity contribution is 6.34. The van der Waals surface area contributed by atoms with Crippen LogP contribution in [-0.2, 0) is 0 Å².